The zero-order valence-corrected chi connectivity index (χ0v) is 16.9. The van der Waals surface area contributed by atoms with Gasteiger partial charge < -0.3 is 19.2 Å². The Morgan fingerprint density at radius 2 is 1.90 bits per heavy atom. The molecule has 160 valence electrons. The monoisotopic (exact) mass is 422 g/mol. The maximum Gasteiger partial charge on any atom is 0.315 e. The van der Waals surface area contributed by atoms with Gasteiger partial charge in [0.2, 0.25) is 5.69 Å². The Morgan fingerprint density at radius 1 is 1.13 bits per heavy atom. The van der Waals surface area contributed by atoms with Gasteiger partial charge in [-0.15, -0.1) is 0 Å². The molecule has 1 saturated heterocycles. The van der Waals surface area contributed by atoms with Crippen LogP contribution in [0.2, 0.25) is 0 Å². The third kappa shape index (κ3) is 3.09. The number of piperidine rings is 1. The fourth-order valence-corrected chi connectivity index (χ4v) is 5.03. The second kappa shape index (κ2) is 7.16. The number of carbonyl (C=O) groups excluding carboxylic acids is 1. The predicted molar refractivity (Wildman–Crippen MR) is 112 cm³/mol. The molecule has 0 saturated carbocycles. The minimum Gasteiger partial charge on any atom is -0.595 e. The van der Waals surface area contributed by atoms with Crippen LogP contribution in [0.25, 0.3) is 10.9 Å². The van der Waals surface area contributed by atoms with E-state index in [1.165, 1.54) is 16.7 Å². The van der Waals surface area contributed by atoms with E-state index in [4.69, 9.17) is 0 Å². The molecular weight excluding hydrogens is 400 g/mol. The summed E-state index contributed by atoms with van der Waals surface area (Å²) < 4.78 is 3.08. The van der Waals surface area contributed by atoms with Gasteiger partial charge in [-0.1, -0.05) is 18.2 Å². The highest BCUT2D eigenvalue weighted by Gasteiger charge is 2.37. The van der Waals surface area contributed by atoms with Crippen molar-refractivity contribution in [3.63, 3.8) is 0 Å². The third-order valence-electron chi connectivity index (χ3n) is 6.51. The van der Waals surface area contributed by atoms with Gasteiger partial charge in [0.1, 0.15) is 0 Å². The van der Waals surface area contributed by atoms with E-state index in [-0.39, 0.29) is 29.0 Å². The second-order valence-corrected chi connectivity index (χ2v) is 8.37. The number of aryl methyl sites for hydroxylation is 1. The number of amides is 1. The van der Waals surface area contributed by atoms with Crippen molar-refractivity contribution in [3.05, 3.63) is 79.6 Å². The first-order valence-corrected chi connectivity index (χ1v) is 10.2. The highest BCUT2D eigenvalue weighted by molar-refractivity contribution is 6.06. The number of hydrogen-bond donors (Lipinski definition) is 2. The van der Waals surface area contributed by atoms with E-state index < -0.39 is 10.8 Å². The number of benzene rings is 1. The van der Waals surface area contributed by atoms with Crippen LogP contribution in [0.15, 0.2) is 52.1 Å². The van der Waals surface area contributed by atoms with E-state index in [2.05, 4.69) is 0 Å². The molecule has 2 aromatic heterocycles. The summed E-state index contributed by atoms with van der Waals surface area (Å²) in [7, 11) is 1.68. The second-order valence-electron chi connectivity index (χ2n) is 8.37. The Labute approximate surface area is 176 Å². The lowest BCUT2D eigenvalue weighted by Crippen LogP contribution is -3.00. The Bertz CT molecular complexity index is 1330. The molecule has 1 amide bonds. The summed E-state index contributed by atoms with van der Waals surface area (Å²) >= 11 is 0. The minimum atomic E-state index is -1.23. The Hall–Kier alpha value is -3.27. The molecule has 2 N–H and O–H groups in total. The minimum absolute atomic E-state index is 0.0507. The summed E-state index contributed by atoms with van der Waals surface area (Å²) in [4.78, 5) is 40.3. The van der Waals surface area contributed by atoms with Crippen LogP contribution in [0, 0.1) is 11.1 Å². The maximum absolute atomic E-state index is 13.5. The van der Waals surface area contributed by atoms with Crippen LogP contribution in [-0.2, 0) is 13.6 Å². The summed E-state index contributed by atoms with van der Waals surface area (Å²) in [6.45, 7) is 1.26. The zero-order valence-electron chi connectivity index (χ0n) is 16.9. The quantitative estimate of drug-likeness (QED) is 0.580. The van der Waals surface area contributed by atoms with E-state index in [0.29, 0.717) is 30.7 Å². The number of aromatic nitrogens is 2. The van der Waals surface area contributed by atoms with Gasteiger partial charge in [0.25, 0.3) is 11.5 Å². The van der Waals surface area contributed by atoms with Crippen LogP contribution in [0.1, 0.15) is 28.4 Å². The highest BCUT2D eigenvalue weighted by atomic mass is 16.8. The average Bonchev–Trinajstić information content (AvgIpc) is 2.76. The van der Waals surface area contributed by atoms with E-state index in [1.54, 1.807) is 22.6 Å². The lowest BCUT2D eigenvalue weighted by molar-refractivity contribution is -0.992. The number of nitrogens with one attached hydrogen (secondary N) is 1. The van der Waals surface area contributed by atoms with Gasteiger partial charge in [0.15, 0.2) is 0 Å². The topological polar surface area (TPSA) is 112 Å². The average molecular weight is 422 g/mol. The van der Waals surface area contributed by atoms with Crippen LogP contribution < -0.4 is 16.3 Å². The number of nitrogens with zero attached hydrogens (tertiary/aromatic N) is 3. The number of likely N-dealkylation sites (tertiary alicyclic amines) is 1. The normalized spacial score (nSPS) is 21.1. The number of pyridine rings is 2. The summed E-state index contributed by atoms with van der Waals surface area (Å²) in [5.41, 5.74) is 0.890. The smallest absolute Gasteiger partial charge is 0.315 e. The van der Waals surface area contributed by atoms with Crippen molar-refractivity contribution in [2.75, 3.05) is 13.1 Å². The molecular formula is C22H22N4O5. The first-order valence-electron chi connectivity index (χ1n) is 10.2. The number of hydrogen-bond acceptors (Lipinski definition) is 5. The standard InChI is InChI=1S/C22H22N4O5/c1-23-18-5-3-2-4-15(18)16(9-20(23)27)21(28)24-10-13-8-14(12-24)17-6-7-19(26(30)31)22(29)25(17)11-13/h2-7,9,13-14,26,30H,8,10-12H2,1H3. The van der Waals surface area contributed by atoms with Crippen molar-refractivity contribution in [2.45, 2.75) is 18.9 Å². The predicted octanol–water partition coefficient (Wildman–Crippen LogP) is 0.363. The van der Waals surface area contributed by atoms with Gasteiger partial charge >= 0.3 is 5.56 Å². The van der Waals surface area contributed by atoms with Gasteiger partial charge in [0.05, 0.1) is 11.1 Å². The number of carbonyl (C=O) groups is 1. The van der Waals surface area contributed by atoms with Crippen LogP contribution in [0.5, 0.6) is 0 Å². The molecule has 9 nitrogen and oxygen atoms in total. The van der Waals surface area contributed by atoms with Crippen molar-refractivity contribution in [1.82, 2.24) is 14.0 Å². The molecule has 5 rings (SSSR count). The number of para-hydroxylation sites is 1. The first-order chi connectivity index (χ1) is 14.8. The fourth-order valence-electron chi connectivity index (χ4n) is 5.03. The summed E-state index contributed by atoms with van der Waals surface area (Å²) in [5.74, 6) is -0.193. The molecule has 3 aromatic rings. The molecule has 0 radical (unpaired) electrons. The van der Waals surface area contributed by atoms with Crippen molar-refractivity contribution in [2.24, 2.45) is 13.0 Å². The zero-order chi connectivity index (χ0) is 21.9. The van der Waals surface area contributed by atoms with Crippen molar-refractivity contribution < 1.29 is 15.2 Å². The van der Waals surface area contributed by atoms with Crippen LogP contribution in [0.3, 0.4) is 0 Å². The van der Waals surface area contributed by atoms with Crippen LogP contribution >= 0.6 is 0 Å². The molecule has 4 heterocycles. The van der Waals surface area contributed by atoms with Gasteiger partial charge in [-0.2, -0.15) is 5.23 Å². The van der Waals surface area contributed by atoms with Crippen molar-refractivity contribution in [3.8, 4) is 0 Å². The molecule has 2 aliphatic rings. The van der Waals surface area contributed by atoms with Crippen LogP contribution in [0.4, 0.5) is 5.69 Å². The lowest BCUT2D eigenvalue weighted by Gasteiger charge is -2.43. The molecule has 1 aromatic carbocycles. The molecule has 9 heteroatoms. The number of fused-ring (bicyclic) bond motifs is 5. The molecule has 2 bridgehead atoms. The summed E-state index contributed by atoms with van der Waals surface area (Å²) in [5, 5.41) is 20.1. The van der Waals surface area contributed by atoms with Crippen molar-refractivity contribution >= 4 is 22.5 Å². The van der Waals surface area contributed by atoms with E-state index in [9.17, 15) is 24.8 Å². The van der Waals surface area contributed by atoms with E-state index >= 15 is 0 Å². The lowest BCUT2D eigenvalue weighted by atomic mass is 9.82. The molecule has 0 aliphatic carbocycles. The summed E-state index contributed by atoms with van der Waals surface area (Å²) in [6.07, 6.45) is 0.840. The maximum atomic E-state index is 13.5. The van der Waals surface area contributed by atoms with Crippen LogP contribution in [-0.4, -0.2) is 38.2 Å². The highest BCUT2D eigenvalue weighted by Crippen LogP contribution is 2.36. The van der Waals surface area contributed by atoms with Gasteiger partial charge in [0, 0.05) is 55.8 Å². The molecule has 31 heavy (non-hydrogen) atoms. The molecule has 3 unspecified atom stereocenters. The van der Waals surface area contributed by atoms with Gasteiger partial charge in [-0.25, -0.2) is 5.21 Å². The van der Waals surface area contributed by atoms with E-state index in [1.807, 2.05) is 24.3 Å². The molecule has 3 atom stereocenters. The Balaban J connectivity index is 1.52. The largest absolute Gasteiger partial charge is 0.595 e. The molecule has 1 fully saturated rings. The first kappa shape index (κ1) is 19.7. The molecule has 2 aliphatic heterocycles. The molecule has 0 spiro atoms. The number of quaternary nitrogens is 1. The van der Waals surface area contributed by atoms with Crippen molar-refractivity contribution in [1.29, 1.82) is 0 Å². The SMILES string of the molecule is Cn1c(=O)cc(C(=O)N2CC3CC(C2)c2ccc([NH+]([O-])O)c(=O)n2C3)c2ccccc21. The number of rotatable bonds is 2. The van der Waals surface area contributed by atoms with Gasteiger partial charge in [-0.05, 0) is 24.5 Å². The fraction of sp³-hybridized carbons (Fsp3) is 0.318. The summed E-state index contributed by atoms with van der Waals surface area (Å²) in [6, 6.07) is 11.8. The van der Waals surface area contributed by atoms with E-state index in [0.717, 1.165) is 17.5 Å². The Kier molecular flexibility index (Phi) is 4.54. The Morgan fingerprint density at radius 3 is 2.68 bits per heavy atom. The third-order valence-corrected chi connectivity index (χ3v) is 6.51. The van der Waals surface area contributed by atoms with Gasteiger partial charge in [-0.3, -0.25) is 14.4 Å².